The van der Waals surface area contributed by atoms with Crippen LogP contribution < -0.4 is 0 Å². The third-order valence-electron chi connectivity index (χ3n) is 5.48. The molecule has 0 saturated carbocycles. The van der Waals surface area contributed by atoms with Gasteiger partial charge in [-0.15, -0.1) is 11.3 Å². The molecule has 3 aromatic rings. The number of hydrogen-bond donors (Lipinski definition) is 0. The van der Waals surface area contributed by atoms with Crippen molar-refractivity contribution in [2.45, 2.75) is 19.5 Å². The molecule has 2 atom stereocenters. The molecule has 0 unspecified atom stereocenters. The van der Waals surface area contributed by atoms with E-state index in [-0.39, 0.29) is 0 Å². The lowest BCUT2D eigenvalue weighted by atomic mass is 9.89. The fourth-order valence-electron chi connectivity index (χ4n) is 4.32. The fraction of sp³-hybridized carbons (Fsp3) is 0.350. The number of aromatic nitrogens is 2. The maximum atomic E-state index is 4.74. The maximum absolute atomic E-state index is 4.74. The molecule has 0 aliphatic carbocycles. The lowest BCUT2D eigenvalue weighted by Gasteiger charge is -2.27. The predicted molar refractivity (Wildman–Crippen MR) is 97.9 cm³/mol. The zero-order chi connectivity index (χ0) is 15.9. The van der Waals surface area contributed by atoms with Gasteiger partial charge in [0.25, 0.3) is 0 Å². The SMILES string of the molecule is c1ccc(-c2cnc3n2C[C@H]2CN(Cc4cccs4)C[C@@H]2C3)cc1. The molecule has 1 aromatic carbocycles. The average Bonchev–Trinajstić information content (AvgIpc) is 3.32. The number of imidazole rings is 1. The highest BCUT2D eigenvalue weighted by Gasteiger charge is 2.37. The Morgan fingerprint density at radius 3 is 2.71 bits per heavy atom. The topological polar surface area (TPSA) is 21.1 Å². The summed E-state index contributed by atoms with van der Waals surface area (Å²) in [4.78, 5) is 8.86. The van der Waals surface area contributed by atoms with Gasteiger partial charge >= 0.3 is 0 Å². The molecule has 0 bridgehead atoms. The van der Waals surface area contributed by atoms with Crippen molar-refractivity contribution in [3.05, 3.63) is 64.7 Å². The van der Waals surface area contributed by atoms with E-state index >= 15 is 0 Å². The van der Waals surface area contributed by atoms with E-state index in [0.29, 0.717) is 0 Å². The van der Waals surface area contributed by atoms with Gasteiger partial charge in [-0.2, -0.15) is 0 Å². The standard InChI is InChI=1S/C20H21N3S/c1-2-5-15(6-3-1)19-10-21-20-9-16-11-22(12-17(16)13-23(19)20)14-18-7-4-8-24-18/h1-8,10,16-17H,9,11-14H2/t16-,17+/m0/s1. The van der Waals surface area contributed by atoms with Crippen molar-refractivity contribution in [1.82, 2.24) is 14.5 Å². The summed E-state index contributed by atoms with van der Waals surface area (Å²) in [7, 11) is 0. The first-order chi connectivity index (χ1) is 11.9. The smallest absolute Gasteiger partial charge is 0.109 e. The van der Waals surface area contributed by atoms with Gasteiger partial charge in [-0.3, -0.25) is 4.90 Å². The first kappa shape index (κ1) is 14.4. The Hall–Kier alpha value is -1.91. The second kappa shape index (κ2) is 5.87. The molecule has 2 aliphatic rings. The molecular formula is C20H21N3S. The number of thiophene rings is 1. The number of likely N-dealkylation sites (tertiary alicyclic amines) is 1. The lowest BCUT2D eigenvalue weighted by Crippen LogP contribution is -2.28. The van der Waals surface area contributed by atoms with Crippen LogP contribution in [-0.2, 0) is 19.5 Å². The summed E-state index contributed by atoms with van der Waals surface area (Å²) >= 11 is 1.87. The molecular weight excluding hydrogens is 314 g/mol. The van der Waals surface area contributed by atoms with Gasteiger partial charge in [-0.05, 0) is 28.8 Å². The highest BCUT2D eigenvalue weighted by molar-refractivity contribution is 7.09. The molecule has 0 spiro atoms. The van der Waals surface area contributed by atoms with Gasteiger partial charge in [-0.1, -0.05) is 36.4 Å². The largest absolute Gasteiger partial charge is 0.328 e. The summed E-state index contributed by atoms with van der Waals surface area (Å²) in [6, 6.07) is 15.1. The molecule has 1 saturated heterocycles. The van der Waals surface area contributed by atoms with Crippen molar-refractivity contribution in [2.75, 3.05) is 13.1 Å². The summed E-state index contributed by atoms with van der Waals surface area (Å²) in [5.41, 5.74) is 2.56. The van der Waals surface area contributed by atoms with Crippen LogP contribution in [0.25, 0.3) is 11.3 Å². The first-order valence-electron chi connectivity index (χ1n) is 8.71. The molecule has 1 fully saturated rings. The molecule has 2 aliphatic heterocycles. The average molecular weight is 335 g/mol. The van der Waals surface area contributed by atoms with Gasteiger partial charge in [0.15, 0.2) is 0 Å². The highest BCUT2D eigenvalue weighted by atomic mass is 32.1. The Balaban J connectivity index is 1.37. The fourth-order valence-corrected chi connectivity index (χ4v) is 5.06. The van der Waals surface area contributed by atoms with Crippen LogP contribution in [0.15, 0.2) is 54.0 Å². The summed E-state index contributed by atoms with van der Waals surface area (Å²) in [5.74, 6) is 2.80. The third kappa shape index (κ3) is 2.50. The normalized spacial score (nSPS) is 23.2. The quantitative estimate of drug-likeness (QED) is 0.723. The Kier molecular flexibility index (Phi) is 3.53. The van der Waals surface area contributed by atoms with Gasteiger partial charge in [0.1, 0.15) is 5.82 Å². The van der Waals surface area contributed by atoms with Crippen LogP contribution in [0.3, 0.4) is 0 Å². The zero-order valence-electron chi connectivity index (χ0n) is 13.6. The van der Waals surface area contributed by atoms with E-state index in [4.69, 9.17) is 4.98 Å². The molecule has 0 amide bonds. The molecule has 0 radical (unpaired) electrons. The van der Waals surface area contributed by atoms with Crippen LogP contribution in [0.2, 0.25) is 0 Å². The van der Waals surface area contributed by atoms with E-state index in [1.807, 2.05) is 11.3 Å². The number of fused-ring (bicyclic) bond motifs is 2. The van der Waals surface area contributed by atoms with Crippen LogP contribution in [0.5, 0.6) is 0 Å². The van der Waals surface area contributed by atoms with E-state index in [0.717, 1.165) is 31.3 Å². The third-order valence-corrected chi connectivity index (χ3v) is 6.34. The van der Waals surface area contributed by atoms with Crippen molar-refractivity contribution < 1.29 is 0 Å². The van der Waals surface area contributed by atoms with E-state index in [1.54, 1.807) is 0 Å². The molecule has 24 heavy (non-hydrogen) atoms. The van der Waals surface area contributed by atoms with Crippen LogP contribution in [0.4, 0.5) is 0 Å². The van der Waals surface area contributed by atoms with Crippen molar-refractivity contribution in [1.29, 1.82) is 0 Å². The predicted octanol–water partition coefficient (Wildman–Crippen LogP) is 3.92. The second-order valence-electron chi connectivity index (χ2n) is 7.03. The van der Waals surface area contributed by atoms with E-state index < -0.39 is 0 Å². The minimum Gasteiger partial charge on any atom is -0.328 e. The van der Waals surface area contributed by atoms with E-state index in [9.17, 15) is 0 Å². The summed E-state index contributed by atoms with van der Waals surface area (Å²) in [5, 5.41) is 2.18. The molecule has 5 rings (SSSR count). The monoisotopic (exact) mass is 335 g/mol. The Morgan fingerprint density at radius 1 is 1.00 bits per heavy atom. The van der Waals surface area contributed by atoms with E-state index in [2.05, 4.69) is 63.5 Å². The maximum Gasteiger partial charge on any atom is 0.109 e. The van der Waals surface area contributed by atoms with Gasteiger partial charge in [0.2, 0.25) is 0 Å². The van der Waals surface area contributed by atoms with Crippen molar-refractivity contribution in [3.8, 4) is 11.3 Å². The zero-order valence-corrected chi connectivity index (χ0v) is 14.5. The molecule has 3 nitrogen and oxygen atoms in total. The molecule has 0 N–H and O–H groups in total. The summed E-state index contributed by atoms with van der Waals surface area (Å²) in [6.45, 7) is 4.66. The lowest BCUT2D eigenvalue weighted by molar-refractivity contribution is 0.308. The Bertz CT molecular complexity index is 822. The van der Waals surface area contributed by atoms with Crippen LogP contribution in [0.1, 0.15) is 10.7 Å². The first-order valence-corrected chi connectivity index (χ1v) is 9.59. The second-order valence-corrected chi connectivity index (χ2v) is 8.07. The van der Waals surface area contributed by atoms with Crippen molar-refractivity contribution in [3.63, 3.8) is 0 Å². The summed E-state index contributed by atoms with van der Waals surface area (Å²) < 4.78 is 2.46. The Labute approximate surface area is 146 Å². The number of nitrogens with zero attached hydrogens (tertiary/aromatic N) is 3. The van der Waals surface area contributed by atoms with Crippen LogP contribution >= 0.6 is 11.3 Å². The van der Waals surface area contributed by atoms with Gasteiger partial charge in [0.05, 0.1) is 11.9 Å². The highest BCUT2D eigenvalue weighted by Crippen LogP contribution is 2.35. The Morgan fingerprint density at radius 2 is 1.88 bits per heavy atom. The number of rotatable bonds is 3. The van der Waals surface area contributed by atoms with Crippen LogP contribution in [0, 0.1) is 11.8 Å². The minimum absolute atomic E-state index is 0.758. The van der Waals surface area contributed by atoms with Crippen molar-refractivity contribution in [2.24, 2.45) is 11.8 Å². The molecule has 4 heteroatoms. The van der Waals surface area contributed by atoms with Gasteiger partial charge < -0.3 is 4.57 Å². The van der Waals surface area contributed by atoms with Crippen molar-refractivity contribution >= 4 is 11.3 Å². The number of benzene rings is 1. The minimum atomic E-state index is 0.758. The molecule has 122 valence electrons. The van der Waals surface area contributed by atoms with Crippen LogP contribution in [-0.4, -0.2) is 27.5 Å². The molecule has 4 heterocycles. The number of hydrogen-bond acceptors (Lipinski definition) is 3. The van der Waals surface area contributed by atoms with Gasteiger partial charge in [-0.25, -0.2) is 4.98 Å². The summed E-state index contributed by atoms with van der Waals surface area (Å²) in [6.07, 6.45) is 3.19. The molecule has 2 aromatic heterocycles. The van der Waals surface area contributed by atoms with E-state index in [1.165, 1.54) is 35.0 Å². The van der Waals surface area contributed by atoms with Gasteiger partial charge in [0, 0.05) is 37.5 Å².